The topological polar surface area (TPSA) is 77.2 Å². The predicted molar refractivity (Wildman–Crippen MR) is 85.2 cm³/mol. The van der Waals surface area contributed by atoms with E-state index in [-0.39, 0.29) is 18.1 Å². The van der Waals surface area contributed by atoms with Gasteiger partial charge in [0.15, 0.2) is 0 Å². The fraction of sp³-hybridized carbons (Fsp3) is 0.600. The van der Waals surface area contributed by atoms with Gasteiger partial charge < -0.3 is 14.1 Å². The van der Waals surface area contributed by atoms with Crippen molar-refractivity contribution in [1.29, 1.82) is 0 Å². The van der Waals surface area contributed by atoms with Crippen LogP contribution in [0.3, 0.4) is 0 Å². The molecule has 1 aliphatic rings. The molecule has 7 nitrogen and oxygen atoms in total. The lowest BCUT2D eigenvalue weighted by molar-refractivity contribution is -0.0821. The molecule has 0 N–H and O–H groups in total. The summed E-state index contributed by atoms with van der Waals surface area (Å²) in [5.41, 5.74) is 0.460. The van der Waals surface area contributed by atoms with Gasteiger partial charge in [0, 0.05) is 19.0 Å². The molecular formula is C15H20ClN5O2. The zero-order valence-corrected chi connectivity index (χ0v) is 14.4. The van der Waals surface area contributed by atoms with Crippen LogP contribution in [0.1, 0.15) is 44.5 Å². The molecule has 0 saturated carbocycles. The predicted octanol–water partition coefficient (Wildman–Crippen LogP) is 2.70. The van der Waals surface area contributed by atoms with E-state index in [1.807, 2.05) is 27.8 Å². The molecule has 2 aromatic rings. The molecule has 0 aromatic carbocycles. The van der Waals surface area contributed by atoms with Crippen molar-refractivity contribution in [2.45, 2.75) is 38.9 Å². The van der Waals surface area contributed by atoms with Crippen LogP contribution < -0.4 is 0 Å². The SMILES string of the molecule is CC(C)c1ncc(Cl)c(-c2nnc([C@H]3CN(C)C[C@@H](C)O3)o2)n1. The number of hydrogen-bond donors (Lipinski definition) is 0. The number of ether oxygens (including phenoxy) is 1. The van der Waals surface area contributed by atoms with Crippen molar-refractivity contribution in [1.82, 2.24) is 25.1 Å². The van der Waals surface area contributed by atoms with E-state index in [0.29, 0.717) is 34.9 Å². The summed E-state index contributed by atoms with van der Waals surface area (Å²) in [4.78, 5) is 10.8. The summed E-state index contributed by atoms with van der Waals surface area (Å²) in [5.74, 6) is 1.61. The second kappa shape index (κ2) is 6.51. The summed E-state index contributed by atoms with van der Waals surface area (Å²) in [6.45, 7) is 7.64. The first-order valence-electron chi connectivity index (χ1n) is 7.64. The van der Waals surface area contributed by atoms with E-state index in [4.69, 9.17) is 20.8 Å². The van der Waals surface area contributed by atoms with Crippen LogP contribution in [0.4, 0.5) is 0 Å². The van der Waals surface area contributed by atoms with Gasteiger partial charge in [-0.25, -0.2) is 9.97 Å². The number of nitrogens with zero attached hydrogens (tertiary/aromatic N) is 5. The molecule has 8 heteroatoms. The van der Waals surface area contributed by atoms with Gasteiger partial charge in [-0.15, -0.1) is 10.2 Å². The molecule has 1 aliphatic heterocycles. The van der Waals surface area contributed by atoms with Gasteiger partial charge >= 0.3 is 0 Å². The van der Waals surface area contributed by atoms with Crippen LogP contribution in [0.25, 0.3) is 11.6 Å². The molecular weight excluding hydrogens is 318 g/mol. The fourth-order valence-corrected chi connectivity index (χ4v) is 2.74. The Morgan fingerprint density at radius 1 is 1.30 bits per heavy atom. The molecule has 0 bridgehead atoms. The Labute approximate surface area is 140 Å². The number of aromatic nitrogens is 4. The van der Waals surface area contributed by atoms with Crippen molar-refractivity contribution in [2.75, 3.05) is 20.1 Å². The van der Waals surface area contributed by atoms with Crippen molar-refractivity contribution in [2.24, 2.45) is 0 Å². The van der Waals surface area contributed by atoms with Crippen molar-refractivity contribution in [3.63, 3.8) is 0 Å². The number of likely N-dealkylation sites (N-methyl/N-ethyl adjacent to an activating group) is 1. The standard InChI is InChI=1S/C15H20ClN5O2/c1-8(2)13-17-5-10(16)12(18-13)15-20-19-14(23-15)11-7-21(4)6-9(3)22-11/h5,8-9,11H,6-7H2,1-4H3/t9-,11-/m1/s1. The van der Waals surface area contributed by atoms with Gasteiger partial charge in [-0.1, -0.05) is 25.4 Å². The number of rotatable bonds is 3. The minimum atomic E-state index is -0.241. The lowest BCUT2D eigenvalue weighted by atomic mass is 10.2. The average Bonchev–Trinajstić information content (AvgIpc) is 2.96. The van der Waals surface area contributed by atoms with Crippen LogP contribution >= 0.6 is 11.6 Å². The highest BCUT2D eigenvalue weighted by atomic mass is 35.5. The summed E-state index contributed by atoms with van der Waals surface area (Å²) in [6, 6.07) is 0. The monoisotopic (exact) mass is 337 g/mol. The minimum absolute atomic E-state index is 0.115. The molecule has 0 radical (unpaired) electrons. The summed E-state index contributed by atoms with van der Waals surface area (Å²) in [6.07, 6.45) is 1.44. The van der Waals surface area contributed by atoms with Crippen LogP contribution in [0.2, 0.25) is 5.02 Å². The van der Waals surface area contributed by atoms with E-state index in [2.05, 4.69) is 25.1 Å². The minimum Gasteiger partial charge on any atom is -0.416 e. The normalized spacial score (nSPS) is 22.7. The number of hydrogen-bond acceptors (Lipinski definition) is 7. The smallest absolute Gasteiger partial charge is 0.268 e. The van der Waals surface area contributed by atoms with Gasteiger partial charge in [-0.2, -0.15) is 0 Å². The lowest BCUT2D eigenvalue weighted by Gasteiger charge is -2.32. The molecule has 0 amide bonds. The van der Waals surface area contributed by atoms with Gasteiger partial charge in [0.25, 0.3) is 5.89 Å². The van der Waals surface area contributed by atoms with Gasteiger partial charge in [0.2, 0.25) is 5.89 Å². The maximum atomic E-state index is 6.18. The second-order valence-electron chi connectivity index (χ2n) is 6.18. The van der Waals surface area contributed by atoms with E-state index in [9.17, 15) is 0 Å². The Kier molecular flexibility index (Phi) is 4.61. The molecule has 23 heavy (non-hydrogen) atoms. The van der Waals surface area contributed by atoms with Crippen molar-refractivity contribution >= 4 is 11.6 Å². The first kappa shape index (κ1) is 16.3. The van der Waals surface area contributed by atoms with Gasteiger partial charge in [0.1, 0.15) is 17.6 Å². The summed E-state index contributed by atoms with van der Waals surface area (Å²) in [5, 5.41) is 8.59. The maximum Gasteiger partial charge on any atom is 0.268 e. The van der Waals surface area contributed by atoms with E-state index >= 15 is 0 Å². The Balaban J connectivity index is 1.89. The van der Waals surface area contributed by atoms with Crippen LogP contribution in [-0.4, -0.2) is 51.3 Å². The Morgan fingerprint density at radius 2 is 2.09 bits per heavy atom. The summed E-state index contributed by atoms with van der Waals surface area (Å²) < 4.78 is 11.7. The fourth-order valence-electron chi connectivity index (χ4n) is 2.57. The first-order chi connectivity index (χ1) is 10.9. The van der Waals surface area contributed by atoms with Crippen molar-refractivity contribution in [3.05, 3.63) is 22.9 Å². The third-order valence-corrected chi connectivity index (χ3v) is 3.92. The molecule has 3 rings (SSSR count). The van der Waals surface area contributed by atoms with Gasteiger partial charge in [-0.05, 0) is 14.0 Å². The summed E-state index contributed by atoms with van der Waals surface area (Å²) >= 11 is 6.18. The van der Waals surface area contributed by atoms with E-state index in [1.165, 1.54) is 0 Å². The Bertz CT molecular complexity index is 680. The van der Waals surface area contributed by atoms with Crippen molar-refractivity contribution < 1.29 is 9.15 Å². The molecule has 0 spiro atoms. The number of halogens is 1. The van der Waals surface area contributed by atoms with E-state index in [0.717, 1.165) is 6.54 Å². The van der Waals surface area contributed by atoms with Crippen LogP contribution in [0.5, 0.6) is 0 Å². The molecule has 0 aliphatic carbocycles. The molecule has 124 valence electrons. The molecule has 3 heterocycles. The van der Waals surface area contributed by atoms with Crippen LogP contribution in [0.15, 0.2) is 10.6 Å². The molecule has 2 aromatic heterocycles. The lowest BCUT2D eigenvalue weighted by Crippen LogP contribution is -2.40. The second-order valence-corrected chi connectivity index (χ2v) is 6.59. The first-order valence-corrected chi connectivity index (χ1v) is 8.02. The zero-order valence-electron chi connectivity index (χ0n) is 13.7. The Hall–Kier alpha value is -1.57. The highest BCUT2D eigenvalue weighted by molar-refractivity contribution is 6.32. The highest BCUT2D eigenvalue weighted by Gasteiger charge is 2.29. The third-order valence-electron chi connectivity index (χ3n) is 3.64. The van der Waals surface area contributed by atoms with Crippen molar-refractivity contribution in [3.8, 4) is 11.6 Å². The largest absolute Gasteiger partial charge is 0.416 e. The third kappa shape index (κ3) is 3.52. The molecule has 1 fully saturated rings. The Morgan fingerprint density at radius 3 is 2.78 bits per heavy atom. The average molecular weight is 338 g/mol. The number of morpholine rings is 1. The molecule has 1 saturated heterocycles. The van der Waals surface area contributed by atoms with Gasteiger partial charge in [-0.3, -0.25) is 0 Å². The summed E-state index contributed by atoms with van der Waals surface area (Å²) in [7, 11) is 2.04. The molecule has 2 atom stereocenters. The van der Waals surface area contributed by atoms with E-state index in [1.54, 1.807) is 6.20 Å². The van der Waals surface area contributed by atoms with E-state index < -0.39 is 0 Å². The maximum absolute atomic E-state index is 6.18. The zero-order chi connectivity index (χ0) is 16.6. The van der Waals surface area contributed by atoms with Crippen LogP contribution in [-0.2, 0) is 4.74 Å². The van der Waals surface area contributed by atoms with Crippen LogP contribution in [0, 0.1) is 0 Å². The van der Waals surface area contributed by atoms with Gasteiger partial charge in [0.05, 0.1) is 17.3 Å². The quantitative estimate of drug-likeness (QED) is 0.852. The highest BCUT2D eigenvalue weighted by Crippen LogP contribution is 2.29. The molecule has 0 unspecified atom stereocenters.